The van der Waals surface area contributed by atoms with Crippen LogP contribution in [0.3, 0.4) is 0 Å². The van der Waals surface area contributed by atoms with Crippen LogP contribution in [0, 0.1) is 5.41 Å². The van der Waals surface area contributed by atoms with Crippen LogP contribution in [0.5, 0.6) is 0 Å². The van der Waals surface area contributed by atoms with Crippen molar-refractivity contribution in [2.45, 2.75) is 45.6 Å². The van der Waals surface area contributed by atoms with E-state index in [1.54, 1.807) is 12.2 Å². The summed E-state index contributed by atoms with van der Waals surface area (Å²) in [5.41, 5.74) is 0.933. The lowest BCUT2D eigenvalue weighted by Crippen LogP contribution is -2.26. The van der Waals surface area contributed by atoms with Crippen LogP contribution < -0.4 is 0 Å². The molecule has 15 heavy (non-hydrogen) atoms. The summed E-state index contributed by atoms with van der Waals surface area (Å²) in [5.74, 6) is 0.225. The maximum Gasteiger partial charge on any atom is 0.155 e. The second kappa shape index (κ2) is 4.75. The van der Waals surface area contributed by atoms with Gasteiger partial charge in [0.05, 0.1) is 6.10 Å². The van der Waals surface area contributed by atoms with Crippen molar-refractivity contribution in [2.24, 2.45) is 5.41 Å². The van der Waals surface area contributed by atoms with Crippen molar-refractivity contribution in [1.29, 1.82) is 0 Å². The highest BCUT2D eigenvalue weighted by Gasteiger charge is 2.24. The van der Waals surface area contributed by atoms with Crippen molar-refractivity contribution in [3.05, 3.63) is 24.3 Å². The van der Waals surface area contributed by atoms with Crippen molar-refractivity contribution in [2.75, 3.05) is 0 Å². The number of carbonyl (C=O) groups is 1. The molecule has 0 aromatic carbocycles. The van der Waals surface area contributed by atoms with Gasteiger partial charge in [0.15, 0.2) is 5.78 Å². The van der Waals surface area contributed by atoms with Crippen molar-refractivity contribution in [1.82, 2.24) is 0 Å². The molecule has 0 aromatic heterocycles. The van der Waals surface area contributed by atoms with Crippen LogP contribution in [0.1, 0.15) is 39.5 Å². The Morgan fingerprint density at radius 3 is 2.73 bits per heavy atom. The molecule has 1 N–H and O–H groups in total. The number of aliphatic hydroxyl groups excluding tert-OH is 1. The number of carbonyl (C=O) groups excluding carboxylic acids is 1. The van der Waals surface area contributed by atoms with Gasteiger partial charge < -0.3 is 5.11 Å². The normalized spacial score (nSPS) is 18.9. The van der Waals surface area contributed by atoms with Gasteiger partial charge in [-0.2, -0.15) is 0 Å². The van der Waals surface area contributed by atoms with Crippen LogP contribution in [-0.2, 0) is 4.79 Å². The first-order valence-corrected chi connectivity index (χ1v) is 5.49. The van der Waals surface area contributed by atoms with Crippen LogP contribution in [0.15, 0.2) is 24.3 Å². The van der Waals surface area contributed by atoms with E-state index < -0.39 is 0 Å². The molecule has 0 saturated heterocycles. The number of hydrogen-bond acceptors (Lipinski definition) is 2. The van der Waals surface area contributed by atoms with E-state index in [2.05, 4.69) is 6.58 Å². The monoisotopic (exact) mass is 208 g/mol. The maximum absolute atomic E-state index is 11.0. The highest BCUT2D eigenvalue weighted by molar-refractivity contribution is 5.92. The van der Waals surface area contributed by atoms with E-state index in [9.17, 15) is 9.90 Å². The summed E-state index contributed by atoms with van der Waals surface area (Å²) in [6.45, 7) is 7.66. The highest BCUT2D eigenvalue weighted by Crippen LogP contribution is 2.28. The third-order valence-electron chi connectivity index (χ3n) is 3.18. The largest absolute Gasteiger partial charge is 0.392 e. The second-order valence-corrected chi connectivity index (χ2v) is 4.85. The number of rotatable bonds is 5. The molecule has 1 unspecified atom stereocenters. The molecule has 2 heteroatoms. The molecule has 2 nitrogen and oxygen atoms in total. The minimum Gasteiger partial charge on any atom is -0.392 e. The fraction of sp³-hybridized carbons (Fsp3) is 0.615. The molecule has 1 aliphatic rings. The first-order valence-electron chi connectivity index (χ1n) is 5.49. The fourth-order valence-electron chi connectivity index (χ4n) is 1.68. The summed E-state index contributed by atoms with van der Waals surface area (Å²) >= 11 is 0. The standard InChI is InChI=1S/C13H20O2/c1-4-13(2,3)12(15)8-6-10-5-7-11(14)9-10/h4,9,12,15H,1,5-8H2,2-3H3. The number of hydrogen-bond donors (Lipinski definition) is 1. The molecule has 0 spiro atoms. The molecule has 0 heterocycles. The summed E-state index contributed by atoms with van der Waals surface area (Å²) in [4.78, 5) is 11.0. The van der Waals surface area contributed by atoms with Gasteiger partial charge in [0.2, 0.25) is 0 Å². The summed E-state index contributed by atoms with van der Waals surface area (Å²) in [6, 6.07) is 0. The second-order valence-electron chi connectivity index (χ2n) is 4.85. The molecule has 0 radical (unpaired) electrons. The van der Waals surface area contributed by atoms with E-state index in [1.807, 2.05) is 13.8 Å². The van der Waals surface area contributed by atoms with Gasteiger partial charge in [0, 0.05) is 11.8 Å². The minimum absolute atomic E-state index is 0.225. The van der Waals surface area contributed by atoms with Crippen molar-refractivity contribution in [3.8, 4) is 0 Å². The van der Waals surface area contributed by atoms with E-state index in [0.29, 0.717) is 12.8 Å². The predicted molar refractivity (Wildman–Crippen MR) is 61.5 cm³/mol. The zero-order valence-electron chi connectivity index (χ0n) is 9.62. The van der Waals surface area contributed by atoms with E-state index >= 15 is 0 Å². The average Bonchev–Trinajstić information content (AvgIpc) is 2.60. The SMILES string of the molecule is C=CC(C)(C)C(O)CCC1=CC(=O)CC1. The highest BCUT2D eigenvalue weighted by atomic mass is 16.3. The fourth-order valence-corrected chi connectivity index (χ4v) is 1.68. The first kappa shape index (κ1) is 12.2. The smallest absolute Gasteiger partial charge is 0.155 e. The molecule has 0 aliphatic heterocycles. The quantitative estimate of drug-likeness (QED) is 0.705. The summed E-state index contributed by atoms with van der Waals surface area (Å²) in [7, 11) is 0. The number of allylic oxidation sites excluding steroid dienone is 2. The Hall–Kier alpha value is -0.890. The Morgan fingerprint density at radius 2 is 2.27 bits per heavy atom. The van der Waals surface area contributed by atoms with Crippen molar-refractivity contribution in [3.63, 3.8) is 0 Å². The maximum atomic E-state index is 11.0. The Balaban J connectivity index is 2.40. The van der Waals surface area contributed by atoms with Gasteiger partial charge in [-0.25, -0.2) is 0 Å². The molecular formula is C13H20O2. The predicted octanol–water partition coefficient (Wildman–Crippen LogP) is 2.63. The van der Waals surface area contributed by atoms with Crippen molar-refractivity contribution >= 4 is 5.78 Å². The summed E-state index contributed by atoms with van der Waals surface area (Å²) < 4.78 is 0. The molecule has 1 atom stereocenters. The van der Waals surface area contributed by atoms with Crippen LogP contribution in [0.4, 0.5) is 0 Å². The number of ketones is 1. The third-order valence-corrected chi connectivity index (χ3v) is 3.18. The first-order chi connectivity index (χ1) is 6.95. The van der Waals surface area contributed by atoms with Crippen LogP contribution in [0.25, 0.3) is 0 Å². The van der Waals surface area contributed by atoms with Gasteiger partial charge in [0.1, 0.15) is 0 Å². The van der Waals surface area contributed by atoms with Crippen molar-refractivity contribution < 1.29 is 9.90 Å². The van der Waals surface area contributed by atoms with Crippen LogP contribution >= 0.6 is 0 Å². The average molecular weight is 208 g/mol. The minimum atomic E-state index is -0.383. The summed E-state index contributed by atoms with van der Waals surface area (Å²) in [6.07, 6.45) is 6.18. The van der Waals surface area contributed by atoms with Gasteiger partial charge >= 0.3 is 0 Å². The lowest BCUT2D eigenvalue weighted by molar-refractivity contribution is -0.114. The molecule has 0 saturated carbocycles. The molecule has 0 amide bonds. The van der Waals surface area contributed by atoms with Gasteiger partial charge in [-0.1, -0.05) is 25.5 Å². The van der Waals surface area contributed by atoms with Gasteiger partial charge in [-0.3, -0.25) is 4.79 Å². The molecule has 0 aromatic rings. The zero-order chi connectivity index (χ0) is 11.5. The molecule has 1 aliphatic carbocycles. The van der Waals surface area contributed by atoms with E-state index in [0.717, 1.165) is 12.8 Å². The van der Waals surface area contributed by atoms with Gasteiger partial charge in [-0.05, 0) is 25.3 Å². The molecule has 0 bridgehead atoms. The third kappa shape index (κ3) is 3.31. The molecule has 0 fully saturated rings. The van der Waals surface area contributed by atoms with Crippen LogP contribution in [-0.4, -0.2) is 17.0 Å². The molecular weight excluding hydrogens is 188 g/mol. The Labute approximate surface area is 91.7 Å². The summed E-state index contributed by atoms with van der Waals surface area (Å²) in [5, 5.41) is 9.92. The Bertz CT molecular complexity index is 287. The van der Waals surface area contributed by atoms with E-state index in [-0.39, 0.29) is 17.3 Å². The zero-order valence-corrected chi connectivity index (χ0v) is 9.62. The van der Waals surface area contributed by atoms with Crippen LogP contribution in [0.2, 0.25) is 0 Å². The molecule has 1 rings (SSSR count). The lowest BCUT2D eigenvalue weighted by Gasteiger charge is -2.26. The van der Waals surface area contributed by atoms with E-state index in [4.69, 9.17) is 0 Å². The van der Waals surface area contributed by atoms with E-state index in [1.165, 1.54) is 5.57 Å². The Kier molecular flexibility index (Phi) is 3.86. The lowest BCUT2D eigenvalue weighted by atomic mass is 9.84. The number of aliphatic hydroxyl groups is 1. The Morgan fingerprint density at radius 1 is 1.60 bits per heavy atom. The molecule has 84 valence electrons. The topological polar surface area (TPSA) is 37.3 Å². The van der Waals surface area contributed by atoms with Gasteiger partial charge in [-0.15, -0.1) is 6.58 Å². The van der Waals surface area contributed by atoms with Gasteiger partial charge in [0.25, 0.3) is 0 Å².